The number of aromatic nitrogens is 1. The van der Waals surface area contributed by atoms with Gasteiger partial charge in [0, 0.05) is 23.1 Å². The molecule has 27 heavy (non-hydrogen) atoms. The molecule has 4 nitrogen and oxygen atoms in total. The molecule has 0 aliphatic carbocycles. The molecule has 3 aromatic carbocycles. The second kappa shape index (κ2) is 7.58. The van der Waals surface area contributed by atoms with Crippen LogP contribution < -0.4 is 10.1 Å². The molecule has 0 radical (unpaired) electrons. The van der Waals surface area contributed by atoms with Crippen LogP contribution in [0.1, 0.15) is 5.56 Å². The number of methoxy groups -OCH3 is 1. The number of nitrogens with one attached hydrogen (secondary N) is 1. The molecule has 2 N–H and O–H groups in total. The third-order valence-electron chi connectivity index (χ3n) is 4.38. The maximum Gasteiger partial charge on any atom is 0.183 e. The zero-order valence-electron chi connectivity index (χ0n) is 14.6. The predicted molar refractivity (Wildman–Crippen MR) is 115 cm³/mol. The Morgan fingerprint density at radius 2 is 2.00 bits per heavy atom. The maximum absolute atomic E-state index is 10.3. The highest BCUT2D eigenvalue weighted by molar-refractivity contribution is 9.10. The first kappa shape index (κ1) is 17.8. The molecule has 0 saturated carbocycles. The molecule has 0 spiro atoms. The Morgan fingerprint density at radius 1 is 1.15 bits per heavy atom. The van der Waals surface area contributed by atoms with Crippen LogP contribution in [0, 0.1) is 0 Å². The minimum atomic E-state index is 0.289. The van der Waals surface area contributed by atoms with Crippen LogP contribution in [-0.2, 0) is 6.54 Å². The molecule has 0 aliphatic rings. The molecule has 4 rings (SSSR count). The summed E-state index contributed by atoms with van der Waals surface area (Å²) < 4.78 is 6.17. The summed E-state index contributed by atoms with van der Waals surface area (Å²) in [5.41, 5.74) is 2.78. The lowest BCUT2D eigenvalue weighted by atomic mass is 10.0. The highest BCUT2D eigenvalue weighted by Crippen LogP contribution is 2.33. The van der Waals surface area contributed by atoms with Crippen LogP contribution in [0.5, 0.6) is 11.5 Å². The van der Waals surface area contributed by atoms with Crippen molar-refractivity contribution in [3.63, 3.8) is 0 Å². The fourth-order valence-electron chi connectivity index (χ4n) is 2.99. The van der Waals surface area contributed by atoms with E-state index in [0.29, 0.717) is 6.54 Å². The fourth-order valence-corrected chi connectivity index (χ4v) is 4.25. The summed E-state index contributed by atoms with van der Waals surface area (Å²) >= 11 is 5.05. The van der Waals surface area contributed by atoms with E-state index in [1.54, 1.807) is 24.5 Å². The predicted octanol–water partition coefficient (Wildman–Crippen LogP) is 6.05. The molecule has 0 amide bonds. The maximum atomic E-state index is 10.3. The van der Waals surface area contributed by atoms with Gasteiger partial charge in [0.05, 0.1) is 17.3 Å². The van der Waals surface area contributed by atoms with Gasteiger partial charge < -0.3 is 15.2 Å². The summed E-state index contributed by atoms with van der Waals surface area (Å²) in [7, 11) is 1.65. The van der Waals surface area contributed by atoms with Crippen LogP contribution in [0.4, 0.5) is 5.13 Å². The number of halogens is 1. The number of hydrogen-bond donors (Lipinski definition) is 2. The average molecular weight is 441 g/mol. The summed E-state index contributed by atoms with van der Waals surface area (Å²) in [6.07, 6.45) is 0. The standard InChI is InChI=1S/C21H17BrN2O2S/c1-26-20-9-7-14(10-17(20)22)18-12-27-21(24-18)23-11-16-15-5-3-2-4-13(15)6-8-19(16)25/h2-10,12,25H,11H2,1H3,(H,23,24). The van der Waals surface area contributed by atoms with Crippen LogP contribution in [0.3, 0.4) is 0 Å². The normalized spacial score (nSPS) is 10.9. The van der Waals surface area contributed by atoms with E-state index in [9.17, 15) is 5.11 Å². The van der Waals surface area contributed by atoms with Crippen molar-refractivity contribution in [1.82, 2.24) is 4.98 Å². The Kier molecular flexibility index (Phi) is 5.01. The number of aromatic hydroxyl groups is 1. The van der Waals surface area contributed by atoms with E-state index >= 15 is 0 Å². The number of phenols is 1. The Labute approximate surface area is 169 Å². The number of hydrogen-bond acceptors (Lipinski definition) is 5. The van der Waals surface area contributed by atoms with Gasteiger partial charge in [-0.1, -0.05) is 30.3 Å². The highest BCUT2D eigenvalue weighted by atomic mass is 79.9. The van der Waals surface area contributed by atoms with Crippen molar-refractivity contribution in [2.24, 2.45) is 0 Å². The van der Waals surface area contributed by atoms with Crippen molar-refractivity contribution in [3.8, 4) is 22.8 Å². The number of phenolic OH excluding ortho intramolecular Hbond substituents is 1. The zero-order valence-corrected chi connectivity index (χ0v) is 17.0. The summed E-state index contributed by atoms with van der Waals surface area (Å²) in [6, 6.07) is 17.6. The Hall–Kier alpha value is -2.57. The minimum absolute atomic E-state index is 0.289. The average Bonchev–Trinajstić information content (AvgIpc) is 3.16. The highest BCUT2D eigenvalue weighted by Gasteiger charge is 2.10. The lowest BCUT2D eigenvalue weighted by Gasteiger charge is -2.09. The van der Waals surface area contributed by atoms with Crippen molar-refractivity contribution >= 4 is 43.2 Å². The zero-order chi connectivity index (χ0) is 18.8. The second-order valence-corrected chi connectivity index (χ2v) is 7.74. The fraction of sp³-hybridized carbons (Fsp3) is 0.0952. The van der Waals surface area contributed by atoms with Gasteiger partial charge in [-0.25, -0.2) is 4.98 Å². The van der Waals surface area contributed by atoms with Crippen LogP contribution >= 0.6 is 27.3 Å². The summed E-state index contributed by atoms with van der Waals surface area (Å²) in [5.74, 6) is 1.08. The molecular formula is C21H17BrN2O2S. The molecule has 0 unspecified atom stereocenters. The van der Waals surface area contributed by atoms with E-state index in [1.165, 1.54) is 0 Å². The molecule has 0 saturated heterocycles. The van der Waals surface area contributed by atoms with Gasteiger partial charge in [-0.3, -0.25) is 0 Å². The summed E-state index contributed by atoms with van der Waals surface area (Å²) in [4.78, 5) is 4.67. The summed E-state index contributed by atoms with van der Waals surface area (Å²) in [5, 5.41) is 18.6. The number of ether oxygens (including phenoxy) is 1. The van der Waals surface area contributed by atoms with E-state index in [4.69, 9.17) is 4.74 Å². The van der Waals surface area contributed by atoms with Gasteiger partial charge in [0.15, 0.2) is 5.13 Å². The van der Waals surface area contributed by atoms with E-state index in [2.05, 4.69) is 26.2 Å². The number of fused-ring (bicyclic) bond motifs is 1. The van der Waals surface area contributed by atoms with Crippen molar-refractivity contribution in [2.45, 2.75) is 6.54 Å². The molecule has 0 atom stereocenters. The molecular weight excluding hydrogens is 424 g/mol. The molecule has 0 bridgehead atoms. The molecule has 6 heteroatoms. The number of benzene rings is 3. The topological polar surface area (TPSA) is 54.4 Å². The SMILES string of the molecule is COc1ccc(-c2csc(NCc3c(O)ccc4ccccc34)n2)cc1Br. The minimum Gasteiger partial charge on any atom is -0.508 e. The van der Waals surface area contributed by atoms with E-state index in [0.717, 1.165) is 42.9 Å². The number of nitrogens with zero attached hydrogens (tertiary/aromatic N) is 1. The smallest absolute Gasteiger partial charge is 0.183 e. The first-order valence-electron chi connectivity index (χ1n) is 8.38. The molecule has 136 valence electrons. The summed E-state index contributed by atoms with van der Waals surface area (Å²) in [6.45, 7) is 0.506. The molecule has 1 heterocycles. The van der Waals surface area contributed by atoms with Gasteiger partial charge in [0.1, 0.15) is 11.5 Å². The lowest BCUT2D eigenvalue weighted by molar-refractivity contribution is 0.412. The Morgan fingerprint density at radius 3 is 2.81 bits per heavy atom. The quantitative estimate of drug-likeness (QED) is 0.396. The van der Waals surface area contributed by atoms with Crippen LogP contribution in [0.2, 0.25) is 0 Å². The second-order valence-electron chi connectivity index (χ2n) is 6.03. The Bertz CT molecular complexity index is 1110. The van der Waals surface area contributed by atoms with Gasteiger partial charge in [-0.05, 0) is 51.0 Å². The van der Waals surface area contributed by atoms with Crippen LogP contribution in [-0.4, -0.2) is 17.2 Å². The third-order valence-corrected chi connectivity index (χ3v) is 5.80. The van der Waals surface area contributed by atoms with E-state index < -0.39 is 0 Å². The van der Waals surface area contributed by atoms with E-state index in [-0.39, 0.29) is 5.75 Å². The molecule has 4 aromatic rings. The van der Waals surface area contributed by atoms with Gasteiger partial charge in [0.2, 0.25) is 0 Å². The van der Waals surface area contributed by atoms with Crippen LogP contribution in [0.15, 0.2) is 64.5 Å². The first-order chi connectivity index (χ1) is 13.2. The van der Waals surface area contributed by atoms with Crippen molar-refractivity contribution in [3.05, 3.63) is 70.0 Å². The van der Waals surface area contributed by atoms with Crippen LogP contribution in [0.25, 0.3) is 22.0 Å². The number of thiazole rings is 1. The molecule has 0 aliphatic heterocycles. The largest absolute Gasteiger partial charge is 0.508 e. The monoisotopic (exact) mass is 440 g/mol. The Balaban J connectivity index is 1.56. The van der Waals surface area contributed by atoms with Gasteiger partial charge in [-0.2, -0.15) is 0 Å². The molecule has 1 aromatic heterocycles. The number of rotatable bonds is 5. The third kappa shape index (κ3) is 3.63. The van der Waals surface area contributed by atoms with Crippen molar-refractivity contribution < 1.29 is 9.84 Å². The van der Waals surface area contributed by atoms with E-state index in [1.807, 2.05) is 53.9 Å². The molecule has 0 fully saturated rings. The van der Waals surface area contributed by atoms with Gasteiger partial charge in [-0.15, -0.1) is 11.3 Å². The van der Waals surface area contributed by atoms with Gasteiger partial charge in [0.25, 0.3) is 0 Å². The number of anilines is 1. The van der Waals surface area contributed by atoms with Crippen molar-refractivity contribution in [2.75, 3.05) is 12.4 Å². The first-order valence-corrected chi connectivity index (χ1v) is 10.1. The van der Waals surface area contributed by atoms with Gasteiger partial charge >= 0.3 is 0 Å². The van der Waals surface area contributed by atoms with Crippen molar-refractivity contribution in [1.29, 1.82) is 0 Å². The lowest BCUT2D eigenvalue weighted by Crippen LogP contribution is -2.00.